The van der Waals surface area contributed by atoms with Crippen molar-refractivity contribution in [3.63, 3.8) is 0 Å². The molecule has 170 valence electrons. The number of carbonyl (C=O) groups is 1. The molecule has 0 saturated carbocycles. The zero-order valence-corrected chi connectivity index (χ0v) is 18.4. The van der Waals surface area contributed by atoms with E-state index in [0.717, 1.165) is 11.1 Å². The van der Waals surface area contributed by atoms with Crippen LogP contribution in [0.25, 0.3) is 0 Å². The highest BCUT2D eigenvalue weighted by Crippen LogP contribution is 2.32. The Labute approximate surface area is 196 Å². The van der Waals surface area contributed by atoms with Crippen molar-refractivity contribution in [1.82, 2.24) is 10.3 Å². The van der Waals surface area contributed by atoms with Crippen LogP contribution in [-0.2, 0) is 23.3 Å². The van der Waals surface area contributed by atoms with Gasteiger partial charge in [0.15, 0.2) is 0 Å². The number of fused-ring (bicyclic) bond motifs is 1. The molecule has 0 aliphatic carbocycles. The summed E-state index contributed by atoms with van der Waals surface area (Å²) in [6.07, 6.45) is -0.965. The lowest BCUT2D eigenvalue weighted by molar-refractivity contribution is 0.0757. The number of amides is 1. The van der Waals surface area contributed by atoms with Crippen molar-refractivity contribution < 1.29 is 18.3 Å². The van der Waals surface area contributed by atoms with Crippen LogP contribution >= 0.6 is 0 Å². The van der Waals surface area contributed by atoms with Gasteiger partial charge in [0.25, 0.3) is 12.3 Å². The van der Waals surface area contributed by atoms with E-state index in [1.807, 2.05) is 6.07 Å². The smallest absolute Gasteiger partial charge is 0.263 e. The average Bonchev–Trinajstić information content (AvgIpc) is 2.86. The van der Waals surface area contributed by atoms with E-state index in [2.05, 4.69) is 28.2 Å². The lowest BCUT2D eigenvalue weighted by Gasteiger charge is -2.30. The Hall–Kier alpha value is -4.07. The molecule has 34 heavy (non-hydrogen) atoms. The average molecular weight is 457 g/mol. The SMILES string of the molecule is C[C@@]1(C#N)COCc2ccc(C(=O)NCc3cc(C#Cc4cccc(C(F)F)c4)ccn3)cc21. The van der Waals surface area contributed by atoms with E-state index >= 15 is 0 Å². The predicted octanol–water partition coefficient (Wildman–Crippen LogP) is 4.66. The summed E-state index contributed by atoms with van der Waals surface area (Å²) in [6.45, 7) is 2.68. The number of carbonyl (C=O) groups excluding carboxylic acids is 1. The molecule has 0 fully saturated rings. The lowest BCUT2D eigenvalue weighted by Crippen LogP contribution is -2.33. The van der Waals surface area contributed by atoms with Gasteiger partial charge >= 0.3 is 0 Å². The first-order valence-corrected chi connectivity index (χ1v) is 10.6. The minimum absolute atomic E-state index is 0.0743. The fraction of sp³-hybridized carbons (Fsp3) is 0.222. The molecule has 1 aliphatic rings. The normalized spacial score (nSPS) is 16.7. The van der Waals surface area contributed by atoms with Gasteiger partial charge in [-0.25, -0.2) is 8.78 Å². The number of nitrogens with one attached hydrogen (secondary N) is 1. The molecule has 1 aliphatic heterocycles. The van der Waals surface area contributed by atoms with Crippen LogP contribution in [-0.4, -0.2) is 17.5 Å². The molecule has 7 heteroatoms. The van der Waals surface area contributed by atoms with Crippen LogP contribution in [0.5, 0.6) is 0 Å². The minimum atomic E-state index is -2.55. The lowest BCUT2D eigenvalue weighted by atomic mass is 9.79. The standard InChI is InChI=1S/C27H21F2N3O2/c1-27(16-30)17-34-15-22-8-7-21(13-24(22)27)26(33)32-14-23-12-19(9-10-31-23)6-5-18-3-2-4-20(11-18)25(28)29/h2-4,7-13,25H,14-15,17H2,1H3,(H,32,33)/t27-/m1/s1. The zero-order valence-electron chi connectivity index (χ0n) is 18.4. The number of rotatable bonds is 4. The molecule has 4 rings (SSSR count). The van der Waals surface area contributed by atoms with Gasteiger partial charge in [-0.15, -0.1) is 0 Å². The van der Waals surface area contributed by atoms with Gasteiger partial charge in [0.2, 0.25) is 0 Å². The summed E-state index contributed by atoms with van der Waals surface area (Å²) in [7, 11) is 0. The van der Waals surface area contributed by atoms with Gasteiger partial charge in [-0.05, 0) is 54.4 Å². The number of benzene rings is 2. The van der Waals surface area contributed by atoms with E-state index in [1.54, 1.807) is 49.5 Å². The van der Waals surface area contributed by atoms with Gasteiger partial charge in [0.1, 0.15) is 5.41 Å². The second-order valence-corrected chi connectivity index (χ2v) is 8.20. The van der Waals surface area contributed by atoms with Crippen molar-refractivity contribution in [3.05, 3.63) is 99.9 Å². The third-order valence-corrected chi connectivity index (χ3v) is 5.60. The van der Waals surface area contributed by atoms with Crippen LogP contribution in [0.3, 0.4) is 0 Å². The Morgan fingerprint density at radius 3 is 2.74 bits per heavy atom. The van der Waals surface area contributed by atoms with Crippen LogP contribution < -0.4 is 5.32 Å². The van der Waals surface area contributed by atoms with Crippen molar-refractivity contribution in [3.8, 4) is 17.9 Å². The van der Waals surface area contributed by atoms with Gasteiger partial charge in [0.05, 0.1) is 31.5 Å². The molecular weight excluding hydrogens is 436 g/mol. The maximum Gasteiger partial charge on any atom is 0.263 e. The number of hydrogen-bond donors (Lipinski definition) is 1. The molecule has 2 aromatic carbocycles. The molecule has 0 unspecified atom stereocenters. The fourth-order valence-electron chi connectivity index (χ4n) is 3.71. The molecule has 0 bridgehead atoms. The molecule has 5 nitrogen and oxygen atoms in total. The van der Waals surface area contributed by atoms with Crippen LogP contribution in [0, 0.1) is 23.2 Å². The molecule has 1 atom stereocenters. The summed E-state index contributed by atoms with van der Waals surface area (Å²) in [5.41, 5.74) is 3.04. The first-order valence-electron chi connectivity index (χ1n) is 10.6. The Morgan fingerprint density at radius 2 is 1.97 bits per heavy atom. The topological polar surface area (TPSA) is 75.0 Å². The van der Waals surface area contributed by atoms with E-state index in [4.69, 9.17) is 4.74 Å². The van der Waals surface area contributed by atoms with Crippen molar-refractivity contribution in [2.75, 3.05) is 6.61 Å². The third kappa shape index (κ3) is 5.11. The summed E-state index contributed by atoms with van der Waals surface area (Å²) in [5, 5.41) is 12.4. The molecule has 0 spiro atoms. The summed E-state index contributed by atoms with van der Waals surface area (Å²) in [4.78, 5) is 17.0. The van der Waals surface area contributed by atoms with Crippen LogP contribution in [0.4, 0.5) is 8.78 Å². The van der Waals surface area contributed by atoms with E-state index in [9.17, 15) is 18.8 Å². The van der Waals surface area contributed by atoms with E-state index in [0.29, 0.717) is 29.0 Å². The highest BCUT2D eigenvalue weighted by molar-refractivity contribution is 5.94. The first-order chi connectivity index (χ1) is 16.4. The van der Waals surface area contributed by atoms with Crippen molar-refractivity contribution in [2.45, 2.75) is 31.9 Å². The maximum atomic E-state index is 12.9. The number of nitrogens with zero attached hydrogens (tertiary/aromatic N) is 2. The van der Waals surface area contributed by atoms with E-state index in [1.165, 1.54) is 12.1 Å². The molecular formula is C27H21F2N3O2. The molecule has 1 amide bonds. The number of pyridine rings is 1. The quantitative estimate of drug-likeness (QED) is 0.579. The number of halogens is 2. The summed E-state index contributed by atoms with van der Waals surface area (Å²) >= 11 is 0. The Morgan fingerprint density at radius 1 is 1.18 bits per heavy atom. The van der Waals surface area contributed by atoms with Crippen molar-refractivity contribution >= 4 is 5.91 Å². The summed E-state index contributed by atoms with van der Waals surface area (Å²) < 4.78 is 31.2. The third-order valence-electron chi connectivity index (χ3n) is 5.60. The predicted molar refractivity (Wildman–Crippen MR) is 122 cm³/mol. The Kier molecular flexibility index (Phi) is 6.67. The molecule has 0 saturated heterocycles. The highest BCUT2D eigenvalue weighted by Gasteiger charge is 2.33. The molecule has 1 aromatic heterocycles. The van der Waals surface area contributed by atoms with E-state index < -0.39 is 11.8 Å². The molecule has 3 aromatic rings. The largest absolute Gasteiger partial charge is 0.375 e. The fourth-order valence-corrected chi connectivity index (χ4v) is 3.71. The van der Waals surface area contributed by atoms with Crippen LogP contribution in [0.15, 0.2) is 60.8 Å². The summed E-state index contributed by atoms with van der Waals surface area (Å²) in [6, 6.07) is 17.0. The molecule has 0 radical (unpaired) electrons. The zero-order chi connectivity index (χ0) is 24.1. The van der Waals surface area contributed by atoms with Crippen molar-refractivity contribution in [2.24, 2.45) is 0 Å². The second kappa shape index (κ2) is 9.82. The summed E-state index contributed by atoms with van der Waals surface area (Å²) in [5.74, 6) is 5.55. The van der Waals surface area contributed by atoms with Crippen LogP contribution in [0.1, 0.15) is 57.2 Å². The van der Waals surface area contributed by atoms with Gasteiger partial charge in [-0.2, -0.15) is 5.26 Å². The van der Waals surface area contributed by atoms with Gasteiger partial charge < -0.3 is 10.1 Å². The monoisotopic (exact) mass is 457 g/mol. The second-order valence-electron chi connectivity index (χ2n) is 8.20. The molecule has 2 heterocycles. The van der Waals surface area contributed by atoms with Gasteiger partial charge in [-0.3, -0.25) is 9.78 Å². The van der Waals surface area contributed by atoms with Gasteiger partial charge in [-0.1, -0.05) is 30.0 Å². The minimum Gasteiger partial charge on any atom is -0.375 e. The van der Waals surface area contributed by atoms with Gasteiger partial charge in [0, 0.05) is 28.5 Å². The number of alkyl halides is 2. The number of hydrogen-bond acceptors (Lipinski definition) is 4. The number of aromatic nitrogens is 1. The highest BCUT2D eigenvalue weighted by atomic mass is 19.3. The number of nitriles is 1. The molecule has 1 N–H and O–H groups in total. The van der Waals surface area contributed by atoms with Crippen LogP contribution in [0.2, 0.25) is 0 Å². The maximum absolute atomic E-state index is 12.9. The first kappa shape index (κ1) is 23.1. The number of ether oxygens (including phenoxy) is 1. The Balaban J connectivity index is 1.45. The van der Waals surface area contributed by atoms with Crippen molar-refractivity contribution in [1.29, 1.82) is 5.26 Å². The Bertz CT molecular complexity index is 1340. The van der Waals surface area contributed by atoms with E-state index in [-0.39, 0.29) is 24.6 Å².